The van der Waals surface area contributed by atoms with Crippen LogP contribution in [0.15, 0.2) is 17.5 Å². The lowest BCUT2D eigenvalue weighted by molar-refractivity contribution is 0.0469. The van der Waals surface area contributed by atoms with E-state index >= 15 is 0 Å². The number of nitrogens with one attached hydrogen (secondary N) is 1. The maximum atomic E-state index is 11.9. The summed E-state index contributed by atoms with van der Waals surface area (Å²) >= 11 is 1.56. The van der Waals surface area contributed by atoms with E-state index in [1.807, 2.05) is 38.3 Å². The van der Waals surface area contributed by atoms with E-state index in [9.17, 15) is 10.1 Å². The summed E-state index contributed by atoms with van der Waals surface area (Å²) in [6, 6.07) is 6.02. The average molecular weight is 373 g/mol. The summed E-state index contributed by atoms with van der Waals surface area (Å²) in [5, 5.41) is 14.2. The van der Waals surface area contributed by atoms with Crippen molar-refractivity contribution in [2.24, 2.45) is 0 Å². The summed E-state index contributed by atoms with van der Waals surface area (Å²) in [5.74, 6) is 0.405. The maximum Gasteiger partial charge on any atom is 0.407 e. The number of nitriles is 1. The molecule has 1 fully saturated rings. The number of aromatic nitrogens is 1. The van der Waals surface area contributed by atoms with Crippen LogP contribution in [-0.2, 0) is 4.74 Å². The summed E-state index contributed by atoms with van der Waals surface area (Å²) < 4.78 is 12.3. The second-order valence-corrected chi connectivity index (χ2v) is 8.44. The molecule has 138 valence electrons. The Morgan fingerprint density at radius 2 is 2.08 bits per heavy atom. The van der Waals surface area contributed by atoms with Crippen molar-refractivity contribution in [3.05, 3.63) is 23.1 Å². The smallest absolute Gasteiger partial charge is 0.407 e. The number of rotatable bonds is 3. The van der Waals surface area contributed by atoms with E-state index in [1.165, 1.54) is 0 Å². The first-order chi connectivity index (χ1) is 12.3. The van der Waals surface area contributed by atoms with Crippen LogP contribution in [0, 0.1) is 11.3 Å². The minimum Gasteiger partial charge on any atom is -0.473 e. The van der Waals surface area contributed by atoms with Crippen LogP contribution in [0.1, 0.15) is 52.0 Å². The molecular weight excluding hydrogens is 350 g/mol. The van der Waals surface area contributed by atoms with Gasteiger partial charge in [-0.3, -0.25) is 0 Å². The Balaban J connectivity index is 1.56. The molecule has 1 amide bonds. The predicted octanol–water partition coefficient (Wildman–Crippen LogP) is 4.38. The van der Waals surface area contributed by atoms with E-state index in [4.69, 9.17) is 9.47 Å². The highest BCUT2D eigenvalue weighted by Crippen LogP contribution is 2.29. The maximum absolute atomic E-state index is 11.9. The van der Waals surface area contributed by atoms with Crippen molar-refractivity contribution in [2.45, 2.75) is 64.2 Å². The summed E-state index contributed by atoms with van der Waals surface area (Å²) in [7, 11) is 0. The van der Waals surface area contributed by atoms with E-state index in [1.54, 1.807) is 11.3 Å². The number of alkyl carbamates (subject to hydrolysis) is 1. The van der Waals surface area contributed by atoms with Gasteiger partial charge in [-0.2, -0.15) is 5.26 Å². The van der Waals surface area contributed by atoms with Gasteiger partial charge in [0, 0.05) is 6.04 Å². The first kappa shape index (κ1) is 18.5. The fraction of sp³-hybridized carbons (Fsp3) is 0.526. The van der Waals surface area contributed by atoms with E-state index < -0.39 is 5.60 Å². The number of thiophene rings is 1. The van der Waals surface area contributed by atoms with Gasteiger partial charge in [0.2, 0.25) is 5.88 Å². The highest BCUT2D eigenvalue weighted by atomic mass is 32.1. The molecule has 3 rings (SSSR count). The first-order valence-electron chi connectivity index (χ1n) is 8.78. The fourth-order valence-corrected chi connectivity index (χ4v) is 3.77. The first-order valence-corrected chi connectivity index (χ1v) is 9.66. The van der Waals surface area contributed by atoms with Crippen molar-refractivity contribution in [2.75, 3.05) is 0 Å². The van der Waals surface area contributed by atoms with Crippen LogP contribution in [0.3, 0.4) is 0 Å². The third-order valence-corrected chi connectivity index (χ3v) is 5.05. The van der Waals surface area contributed by atoms with Crippen LogP contribution in [0.2, 0.25) is 0 Å². The second kappa shape index (κ2) is 7.50. The molecule has 0 bridgehead atoms. The molecule has 6 nitrogen and oxygen atoms in total. The third kappa shape index (κ3) is 4.64. The van der Waals surface area contributed by atoms with Crippen LogP contribution in [-0.4, -0.2) is 28.8 Å². The van der Waals surface area contributed by atoms with Gasteiger partial charge in [0.05, 0.1) is 10.2 Å². The Labute approximate surface area is 157 Å². The van der Waals surface area contributed by atoms with Gasteiger partial charge < -0.3 is 14.8 Å². The molecule has 1 aliphatic rings. The van der Waals surface area contributed by atoms with Crippen LogP contribution in [0.5, 0.6) is 5.88 Å². The number of amides is 1. The quantitative estimate of drug-likeness (QED) is 0.863. The van der Waals surface area contributed by atoms with Crippen molar-refractivity contribution < 1.29 is 14.3 Å². The molecule has 2 aromatic heterocycles. The summed E-state index contributed by atoms with van der Waals surface area (Å²) in [6.45, 7) is 5.55. The topological polar surface area (TPSA) is 84.2 Å². The fourth-order valence-electron chi connectivity index (χ4n) is 3.00. The Bertz CT molecular complexity index is 827. The van der Waals surface area contributed by atoms with Crippen molar-refractivity contribution in [3.63, 3.8) is 0 Å². The van der Waals surface area contributed by atoms with E-state index in [0.717, 1.165) is 35.9 Å². The standard InChI is InChI=1S/C19H23N3O3S/c1-19(2,3)25-18(23)21-13-4-6-14(7-5-13)24-17-12(11-20)10-16-15(22-17)8-9-26-16/h8-10,13-14H,4-7H2,1-3H3,(H,21,23). The monoisotopic (exact) mass is 373 g/mol. The van der Waals surface area contributed by atoms with Crippen molar-refractivity contribution in [1.82, 2.24) is 10.3 Å². The normalized spacial score (nSPS) is 20.4. The van der Waals surface area contributed by atoms with Gasteiger partial charge in [-0.25, -0.2) is 9.78 Å². The highest BCUT2D eigenvalue weighted by molar-refractivity contribution is 7.17. The number of ether oxygens (including phenoxy) is 2. The molecule has 7 heteroatoms. The number of hydrogen-bond acceptors (Lipinski definition) is 6. The molecule has 1 N–H and O–H groups in total. The Morgan fingerprint density at radius 3 is 2.73 bits per heavy atom. The minimum absolute atomic E-state index is 0.00220. The molecule has 2 aromatic rings. The Hall–Kier alpha value is -2.33. The molecule has 2 heterocycles. The molecule has 1 aliphatic carbocycles. The summed E-state index contributed by atoms with van der Waals surface area (Å²) in [5.41, 5.74) is 0.822. The van der Waals surface area contributed by atoms with Gasteiger partial charge in [0.15, 0.2) is 0 Å². The van der Waals surface area contributed by atoms with Crippen LogP contribution in [0.4, 0.5) is 4.79 Å². The van der Waals surface area contributed by atoms with Crippen LogP contribution >= 0.6 is 11.3 Å². The number of nitrogens with zero attached hydrogens (tertiary/aromatic N) is 2. The molecule has 0 atom stereocenters. The highest BCUT2D eigenvalue weighted by Gasteiger charge is 2.26. The lowest BCUT2D eigenvalue weighted by Gasteiger charge is -2.30. The van der Waals surface area contributed by atoms with Crippen molar-refractivity contribution in [1.29, 1.82) is 5.26 Å². The molecule has 0 aliphatic heterocycles. The number of carbonyl (C=O) groups is 1. The zero-order valence-corrected chi connectivity index (χ0v) is 16.1. The molecule has 0 spiro atoms. The molecule has 0 radical (unpaired) electrons. The van der Waals surface area contributed by atoms with Crippen LogP contribution in [0.25, 0.3) is 10.2 Å². The molecule has 0 aromatic carbocycles. The number of carbonyl (C=O) groups excluding carboxylic acids is 1. The molecule has 0 saturated heterocycles. The number of hydrogen-bond donors (Lipinski definition) is 1. The number of fused-ring (bicyclic) bond motifs is 1. The van der Waals surface area contributed by atoms with Crippen molar-refractivity contribution in [3.8, 4) is 11.9 Å². The van der Waals surface area contributed by atoms with E-state index in [2.05, 4.69) is 16.4 Å². The average Bonchev–Trinajstić information content (AvgIpc) is 3.01. The van der Waals surface area contributed by atoms with Crippen LogP contribution < -0.4 is 10.1 Å². The number of pyridine rings is 1. The minimum atomic E-state index is -0.496. The van der Waals surface area contributed by atoms with Gasteiger partial charge in [-0.15, -0.1) is 11.3 Å². The molecule has 1 saturated carbocycles. The van der Waals surface area contributed by atoms with Gasteiger partial charge in [-0.05, 0) is 64.0 Å². The lowest BCUT2D eigenvalue weighted by Crippen LogP contribution is -2.42. The zero-order valence-electron chi connectivity index (χ0n) is 15.2. The third-order valence-electron chi connectivity index (χ3n) is 4.20. The van der Waals surface area contributed by atoms with Gasteiger partial charge >= 0.3 is 6.09 Å². The van der Waals surface area contributed by atoms with Gasteiger partial charge in [0.25, 0.3) is 0 Å². The molecule has 26 heavy (non-hydrogen) atoms. The largest absolute Gasteiger partial charge is 0.473 e. The second-order valence-electron chi connectivity index (χ2n) is 7.49. The zero-order chi connectivity index (χ0) is 18.7. The molecule has 0 unspecified atom stereocenters. The van der Waals surface area contributed by atoms with Crippen molar-refractivity contribution >= 4 is 27.6 Å². The van der Waals surface area contributed by atoms with Gasteiger partial charge in [0.1, 0.15) is 23.3 Å². The SMILES string of the molecule is CC(C)(C)OC(=O)NC1CCC(Oc2nc3ccsc3cc2C#N)CC1. The van der Waals surface area contributed by atoms with E-state index in [0.29, 0.717) is 11.4 Å². The lowest BCUT2D eigenvalue weighted by atomic mass is 9.93. The Kier molecular flexibility index (Phi) is 5.33. The molecular formula is C19H23N3O3S. The summed E-state index contributed by atoms with van der Waals surface area (Å²) in [6.07, 6.45) is 2.85. The summed E-state index contributed by atoms with van der Waals surface area (Å²) in [4.78, 5) is 16.4. The Morgan fingerprint density at radius 1 is 1.35 bits per heavy atom. The van der Waals surface area contributed by atoms with Gasteiger partial charge in [-0.1, -0.05) is 0 Å². The predicted molar refractivity (Wildman–Crippen MR) is 100 cm³/mol. The van der Waals surface area contributed by atoms with E-state index in [-0.39, 0.29) is 18.2 Å².